The molecule has 0 aliphatic carbocycles. The number of aliphatic carboxylic acids is 1. The summed E-state index contributed by atoms with van der Waals surface area (Å²) in [6.45, 7) is 3.18. The Labute approximate surface area is 189 Å². The summed E-state index contributed by atoms with van der Waals surface area (Å²) < 4.78 is 51.2. The van der Waals surface area contributed by atoms with Gasteiger partial charge in [-0.3, -0.25) is 19.1 Å². The van der Waals surface area contributed by atoms with E-state index in [2.05, 4.69) is 10.00 Å². The SMILES string of the molecule is Cn1nc2n(c(=O)c1=O)CC1(CCN(Cc3ccc4c(c3)OCO4)C1)OC2.O=C(O)C(F)(F)F. The lowest BCUT2D eigenvalue weighted by molar-refractivity contribution is -0.192. The number of aromatic nitrogens is 3. The van der Waals surface area contributed by atoms with Gasteiger partial charge in [0.1, 0.15) is 12.2 Å². The first-order valence-corrected chi connectivity index (χ1v) is 10.2. The third-order valence-corrected chi connectivity index (χ3v) is 5.73. The van der Waals surface area contributed by atoms with Gasteiger partial charge in [0.15, 0.2) is 17.3 Å². The molecule has 5 rings (SSSR count). The average Bonchev–Trinajstić information content (AvgIpc) is 3.39. The number of carboxylic acids is 1. The zero-order chi connectivity index (χ0) is 24.7. The fraction of sp³-hybridized carbons (Fsp3) is 0.500. The number of hydrogen-bond acceptors (Lipinski definition) is 8. The van der Waals surface area contributed by atoms with Gasteiger partial charge < -0.3 is 19.3 Å². The van der Waals surface area contributed by atoms with E-state index in [0.717, 1.165) is 41.3 Å². The summed E-state index contributed by atoms with van der Waals surface area (Å²) in [6.07, 6.45) is -4.28. The van der Waals surface area contributed by atoms with Gasteiger partial charge >= 0.3 is 23.3 Å². The minimum atomic E-state index is -5.08. The standard InChI is InChI=1S/C18H20N4O5.C2HF3O2/c1-20-16(23)17(24)22-10-18(27-8-15(22)19-20)4-5-21(9-18)7-12-2-3-13-14(6-12)26-11-25-13;3-2(4,5)1(6)7/h2-3,6H,4-5,7-11H2,1H3;(H,6,7). The predicted molar refractivity (Wildman–Crippen MR) is 107 cm³/mol. The van der Waals surface area contributed by atoms with Crippen LogP contribution in [0, 0.1) is 0 Å². The number of rotatable bonds is 2. The second-order valence-electron chi connectivity index (χ2n) is 8.16. The summed E-state index contributed by atoms with van der Waals surface area (Å²) >= 11 is 0. The van der Waals surface area contributed by atoms with E-state index in [1.807, 2.05) is 18.2 Å². The van der Waals surface area contributed by atoms with E-state index < -0.39 is 28.9 Å². The van der Waals surface area contributed by atoms with Gasteiger partial charge in [-0.25, -0.2) is 9.48 Å². The lowest BCUT2D eigenvalue weighted by Crippen LogP contribution is -2.52. The van der Waals surface area contributed by atoms with Crippen molar-refractivity contribution in [2.24, 2.45) is 7.05 Å². The molecule has 2 aromatic rings. The van der Waals surface area contributed by atoms with Crippen molar-refractivity contribution in [1.29, 1.82) is 0 Å². The van der Waals surface area contributed by atoms with Gasteiger partial charge in [0.05, 0.1) is 6.54 Å². The third kappa shape index (κ3) is 4.77. The largest absolute Gasteiger partial charge is 0.490 e. The van der Waals surface area contributed by atoms with E-state index in [9.17, 15) is 22.8 Å². The van der Waals surface area contributed by atoms with Gasteiger partial charge in [-0.2, -0.15) is 18.3 Å². The number of likely N-dealkylation sites (tertiary alicyclic amines) is 1. The molecule has 11 nitrogen and oxygen atoms in total. The highest BCUT2D eigenvalue weighted by Gasteiger charge is 2.43. The van der Waals surface area contributed by atoms with Crippen molar-refractivity contribution in [2.45, 2.75) is 37.9 Å². The van der Waals surface area contributed by atoms with Crippen LogP contribution in [0.5, 0.6) is 11.5 Å². The van der Waals surface area contributed by atoms with Gasteiger partial charge in [-0.1, -0.05) is 6.07 Å². The number of ether oxygens (including phenoxy) is 3. The zero-order valence-corrected chi connectivity index (χ0v) is 18.0. The van der Waals surface area contributed by atoms with E-state index in [-0.39, 0.29) is 13.4 Å². The van der Waals surface area contributed by atoms with Crippen LogP contribution in [0.25, 0.3) is 0 Å². The first-order valence-electron chi connectivity index (χ1n) is 10.2. The van der Waals surface area contributed by atoms with Crippen molar-refractivity contribution in [1.82, 2.24) is 19.2 Å². The van der Waals surface area contributed by atoms with Crippen LogP contribution in [-0.2, 0) is 36.3 Å². The number of hydrogen-bond donors (Lipinski definition) is 1. The van der Waals surface area contributed by atoms with Crippen molar-refractivity contribution in [3.05, 3.63) is 50.3 Å². The summed E-state index contributed by atoms with van der Waals surface area (Å²) in [5.41, 5.74) is -0.452. The van der Waals surface area contributed by atoms with Crippen molar-refractivity contribution < 1.29 is 37.3 Å². The number of nitrogens with zero attached hydrogens (tertiary/aromatic N) is 4. The monoisotopic (exact) mass is 486 g/mol. The zero-order valence-electron chi connectivity index (χ0n) is 18.0. The van der Waals surface area contributed by atoms with E-state index in [0.29, 0.717) is 18.9 Å². The Balaban J connectivity index is 0.000000344. The van der Waals surface area contributed by atoms with Gasteiger partial charge in [0.25, 0.3) is 0 Å². The van der Waals surface area contributed by atoms with Crippen LogP contribution in [0.3, 0.4) is 0 Å². The maximum Gasteiger partial charge on any atom is 0.490 e. The molecular weight excluding hydrogens is 465 g/mol. The summed E-state index contributed by atoms with van der Waals surface area (Å²) in [5, 5.41) is 11.3. The predicted octanol–water partition coefficient (Wildman–Crippen LogP) is 0.479. The second kappa shape index (κ2) is 8.76. The molecule has 3 aliphatic heterocycles. The molecule has 1 N–H and O–H groups in total. The Kier molecular flexibility index (Phi) is 6.12. The molecule has 1 aromatic carbocycles. The van der Waals surface area contributed by atoms with Crippen molar-refractivity contribution in [3.8, 4) is 11.5 Å². The fourth-order valence-corrected chi connectivity index (χ4v) is 4.07. The number of alkyl halides is 3. The maximum absolute atomic E-state index is 12.3. The van der Waals surface area contributed by atoms with Crippen LogP contribution in [-0.4, -0.2) is 62.0 Å². The van der Waals surface area contributed by atoms with Crippen LogP contribution < -0.4 is 20.6 Å². The topological polar surface area (TPSA) is 125 Å². The normalized spacial score (nSPS) is 21.2. The summed E-state index contributed by atoms with van der Waals surface area (Å²) in [7, 11) is 1.48. The molecule has 0 amide bonds. The molecule has 184 valence electrons. The molecule has 34 heavy (non-hydrogen) atoms. The van der Waals surface area contributed by atoms with E-state index in [1.165, 1.54) is 11.6 Å². The van der Waals surface area contributed by atoms with Crippen LogP contribution in [0.2, 0.25) is 0 Å². The third-order valence-electron chi connectivity index (χ3n) is 5.73. The Bertz CT molecular complexity index is 1230. The van der Waals surface area contributed by atoms with Gasteiger partial charge in [0, 0.05) is 26.7 Å². The molecule has 3 aliphatic rings. The highest BCUT2D eigenvalue weighted by Crippen LogP contribution is 2.35. The highest BCUT2D eigenvalue weighted by molar-refractivity contribution is 5.73. The molecule has 0 radical (unpaired) electrons. The summed E-state index contributed by atoms with van der Waals surface area (Å²) in [6, 6.07) is 5.97. The Hall–Kier alpha value is -3.39. The van der Waals surface area contributed by atoms with E-state index in [1.54, 1.807) is 0 Å². The van der Waals surface area contributed by atoms with Gasteiger partial charge in [-0.15, -0.1) is 0 Å². The Morgan fingerprint density at radius 1 is 1.18 bits per heavy atom. The minimum absolute atomic E-state index is 0.237. The molecule has 4 heterocycles. The summed E-state index contributed by atoms with van der Waals surface area (Å²) in [5.74, 6) is -0.704. The minimum Gasteiger partial charge on any atom is -0.475 e. The van der Waals surface area contributed by atoms with E-state index in [4.69, 9.17) is 24.1 Å². The lowest BCUT2D eigenvalue weighted by Gasteiger charge is -2.35. The molecule has 1 saturated heterocycles. The van der Waals surface area contributed by atoms with Gasteiger partial charge in [-0.05, 0) is 24.1 Å². The molecular formula is C20H21F3N4O7. The Morgan fingerprint density at radius 2 is 1.88 bits per heavy atom. The summed E-state index contributed by atoms with van der Waals surface area (Å²) in [4.78, 5) is 35.5. The quantitative estimate of drug-likeness (QED) is 0.604. The molecule has 1 unspecified atom stereocenters. The van der Waals surface area contributed by atoms with Crippen molar-refractivity contribution >= 4 is 5.97 Å². The Morgan fingerprint density at radius 3 is 2.59 bits per heavy atom. The van der Waals surface area contributed by atoms with Crippen molar-refractivity contribution in [2.75, 3.05) is 19.9 Å². The molecule has 1 fully saturated rings. The van der Waals surface area contributed by atoms with E-state index >= 15 is 0 Å². The lowest BCUT2D eigenvalue weighted by atomic mass is 10.0. The number of benzene rings is 1. The van der Waals surface area contributed by atoms with Gasteiger partial charge in [0.2, 0.25) is 6.79 Å². The molecule has 1 atom stereocenters. The number of fused-ring (bicyclic) bond motifs is 2. The smallest absolute Gasteiger partial charge is 0.475 e. The number of aryl methyl sites for hydroxylation is 1. The first-order chi connectivity index (χ1) is 16.0. The molecule has 14 heteroatoms. The fourth-order valence-electron chi connectivity index (χ4n) is 4.07. The van der Waals surface area contributed by atoms with Crippen LogP contribution >= 0.6 is 0 Å². The number of carbonyl (C=O) groups is 1. The van der Waals surface area contributed by atoms with Crippen LogP contribution in [0.4, 0.5) is 13.2 Å². The molecule has 0 bridgehead atoms. The van der Waals surface area contributed by atoms with Crippen LogP contribution in [0.1, 0.15) is 17.8 Å². The number of carboxylic acid groups (broad SMARTS) is 1. The average molecular weight is 486 g/mol. The highest BCUT2D eigenvalue weighted by atomic mass is 19.4. The molecule has 0 saturated carbocycles. The van der Waals surface area contributed by atoms with Crippen molar-refractivity contribution in [3.63, 3.8) is 0 Å². The second-order valence-corrected chi connectivity index (χ2v) is 8.16. The van der Waals surface area contributed by atoms with Crippen LogP contribution in [0.15, 0.2) is 27.8 Å². The first kappa shape index (κ1) is 23.8. The molecule has 1 aromatic heterocycles. The maximum atomic E-state index is 12.3. The number of halogens is 3. The molecule has 1 spiro atoms.